The van der Waals surface area contributed by atoms with Crippen molar-refractivity contribution >= 4 is 17.4 Å². The van der Waals surface area contributed by atoms with E-state index in [1.165, 1.54) is 43.2 Å². The van der Waals surface area contributed by atoms with Crippen molar-refractivity contribution in [2.24, 2.45) is 5.92 Å². The van der Waals surface area contributed by atoms with E-state index < -0.39 is 0 Å². The minimum Gasteiger partial charge on any atom is -0.326 e. The van der Waals surface area contributed by atoms with E-state index in [-0.39, 0.29) is 17.6 Å². The van der Waals surface area contributed by atoms with Gasteiger partial charge < -0.3 is 10.6 Å². The Labute approximate surface area is 204 Å². The molecule has 1 amide bonds. The first-order valence-electron chi connectivity index (χ1n) is 13.3. The van der Waals surface area contributed by atoms with Gasteiger partial charge in [-0.1, -0.05) is 69.4 Å². The van der Waals surface area contributed by atoms with Gasteiger partial charge in [0, 0.05) is 36.2 Å². The van der Waals surface area contributed by atoms with Gasteiger partial charge in [-0.2, -0.15) is 0 Å². The quantitative estimate of drug-likeness (QED) is 0.393. The molecule has 4 nitrogen and oxygen atoms in total. The number of Topliss-reactive ketones (excluding diaryl/α,β-unsaturated/α-hetero) is 1. The van der Waals surface area contributed by atoms with Crippen LogP contribution in [0.4, 0.5) is 5.69 Å². The lowest BCUT2D eigenvalue weighted by molar-refractivity contribution is -0.116. The molecule has 0 radical (unpaired) electrons. The maximum absolute atomic E-state index is 13.7. The molecule has 0 fully saturated rings. The molecule has 0 saturated carbocycles. The Morgan fingerprint density at radius 3 is 2.59 bits per heavy atom. The first kappa shape index (κ1) is 24.7. The molecule has 2 unspecified atom stereocenters. The van der Waals surface area contributed by atoms with Gasteiger partial charge in [0.1, 0.15) is 0 Å². The van der Waals surface area contributed by atoms with Crippen molar-refractivity contribution in [2.75, 3.05) is 11.9 Å². The van der Waals surface area contributed by atoms with Crippen LogP contribution in [0.3, 0.4) is 0 Å². The van der Waals surface area contributed by atoms with Crippen LogP contribution in [0.2, 0.25) is 0 Å². The maximum Gasteiger partial charge on any atom is 0.224 e. The summed E-state index contributed by atoms with van der Waals surface area (Å²) in [6.45, 7) is 5.06. The van der Waals surface area contributed by atoms with Crippen LogP contribution in [0.15, 0.2) is 36.4 Å². The van der Waals surface area contributed by atoms with Gasteiger partial charge in [0.15, 0.2) is 5.78 Å². The first-order valence-corrected chi connectivity index (χ1v) is 13.3. The van der Waals surface area contributed by atoms with E-state index in [2.05, 4.69) is 60.9 Å². The van der Waals surface area contributed by atoms with Crippen LogP contribution < -0.4 is 10.6 Å². The van der Waals surface area contributed by atoms with Crippen LogP contribution in [-0.4, -0.2) is 24.3 Å². The molecular formula is C30H40N2O2. The average molecular weight is 461 g/mol. The van der Waals surface area contributed by atoms with Crippen molar-refractivity contribution in [1.29, 1.82) is 0 Å². The molecule has 4 rings (SSSR count). The van der Waals surface area contributed by atoms with E-state index in [1.54, 1.807) is 0 Å². The zero-order valence-electron chi connectivity index (χ0n) is 20.9. The van der Waals surface area contributed by atoms with Crippen molar-refractivity contribution in [3.05, 3.63) is 64.2 Å². The zero-order chi connectivity index (χ0) is 23.9. The monoisotopic (exact) mass is 460 g/mol. The first-order chi connectivity index (χ1) is 16.6. The third-order valence-corrected chi connectivity index (χ3v) is 7.64. The van der Waals surface area contributed by atoms with E-state index >= 15 is 0 Å². The second-order valence-electron chi connectivity index (χ2n) is 10.2. The molecule has 0 saturated heterocycles. The van der Waals surface area contributed by atoms with E-state index in [9.17, 15) is 9.59 Å². The van der Waals surface area contributed by atoms with E-state index in [0.29, 0.717) is 18.9 Å². The highest BCUT2D eigenvalue weighted by molar-refractivity contribution is 6.05. The number of benzene rings is 2. The number of anilines is 1. The highest BCUT2D eigenvalue weighted by Gasteiger charge is 2.33. The molecular weight excluding hydrogens is 420 g/mol. The summed E-state index contributed by atoms with van der Waals surface area (Å²) in [5.41, 5.74) is 6.51. The fraction of sp³-hybridized carbons (Fsp3) is 0.533. The van der Waals surface area contributed by atoms with Gasteiger partial charge in [0.25, 0.3) is 0 Å². The summed E-state index contributed by atoms with van der Waals surface area (Å²) in [5, 5.41) is 6.80. The van der Waals surface area contributed by atoms with Gasteiger partial charge in [0.2, 0.25) is 5.91 Å². The SMILES string of the molecule is CCCCCCCC(Cc1ccccc1)NCC1CCc2c(C)cc3c(c2C1=O)CCC(=O)N3. The third kappa shape index (κ3) is 5.96. The average Bonchev–Trinajstić information content (AvgIpc) is 2.83. The number of aryl methyl sites for hydroxylation is 1. The number of amides is 1. The van der Waals surface area contributed by atoms with E-state index in [4.69, 9.17) is 0 Å². The number of rotatable bonds is 11. The molecule has 2 aromatic carbocycles. The minimum absolute atomic E-state index is 0.00870. The Kier molecular flexibility index (Phi) is 8.55. The lowest BCUT2D eigenvalue weighted by Crippen LogP contribution is -2.39. The van der Waals surface area contributed by atoms with Crippen LogP contribution in [0.25, 0.3) is 0 Å². The van der Waals surface area contributed by atoms with Crippen LogP contribution in [0.5, 0.6) is 0 Å². The fourth-order valence-corrected chi connectivity index (χ4v) is 5.67. The largest absolute Gasteiger partial charge is 0.326 e. The predicted octanol–water partition coefficient (Wildman–Crippen LogP) is 6.19. The molecule has 4 heteroatoms. The van der Waals surface area contributed by atoms with Gasteiger partial charge in [-0.05, 0) is 67.3 Å². The van der Waals surface area contributed by atoms with Crippen LogP contribution in [0.1, 0.15) is 90.9 Å². The highest BCUT2D eigenvalue weighted by atomic mass is 16.1. The second kappa shape index (κ2) is 11.8. The lowest BCUT2D eigenvalue weighted by atomic mass is 9.76. The highest BCUT2D eigenvalue weighted by Crippen LogP contribution is 2.37. The summed E-state index contributed by atoms with van der Waals surface area (Å²) in [6, 6.07) is 13.2. The molecule has 2 N–H and O–H groups in total. The van der Waals surface area contributed by atoms with Crippen molar-refractivity contribution in [3.8, 4) is 0 Å². The zero-order valence-corrected chi connectivity index (χ0v) is 20.9. The summed E-state index contributed by atoms with van der Waals surface area (Å²) < 4.78 is 0. The molecule has 0 aromatic heterocycles. The number of carbonyl (C=O) groups is 2. The van der Waals surface area contributed by atoms with Gasteiger partial charge in [-0.3, -0.25) is 9.59 Å². The maximum atomic E-state index is 13.7. The summed E-state index contributed by atoms with van der Waals surface area (Å²) in [4.78, 5) is 25.6. The Hall–Kier alpha value is -2.46. The number of fused-ring (bicyclic) bond motifs is 3. The van der Waals surface area contributed by atoms with Crippen molar-refractivity contribution in [3.63, 3.8) is 0 Å². The van der Waals surface area contributed by atoms with Crippen molar-refractivity contribution < 1.29 is 9.59 Å². The molecule has 1 aliphatic heterocycles. The molecule has 1 heterocycles. The number of ketones is 1. The van der Waals surface area contributed by atoms with Crippen LogP contribution in [-0.2, 0) is 24.1 Å². The summed E-state index contributed by atoms with van der Waals surface area (Å²) in [5.74, 6) is 0.330. The Bertz CT molecular complexity index is 999. The number of nitrogens with one attached hydrogen (secondary N) is 2. The number of unbranched alkanes of at least 4 members (excludes halogenated alkanes) is 4. The number of carbonyl (C=O) groups excluding carboxylic acids is 2. The summed E-state index contributed by atoms with van der Waals surface area (Å²) in [7, 11) is 0. The summed E-state index contributed by atoms with van der Waals surface area (Å²) in [6.07, 6.45) is 11.6. The van der Waals surface area contributed by atoms with Crippen LogP contribution in [0, 0.1) is 12.8 Å². The van der Waals surface area contributed by atoms with Gasteiger partial charge in [-0.25, -0.2) is 0 Å². The molecule has 182 valence electrons. The Morgan fingerprint density at radius 2 is 1.79 bits per heavy atom. The Balaban J connectivity index is 1.44. The molecule has 1 aliphatic carbocycles. The molecule has 2 atom stereocenters. The van der Waals surface area contributed by atoms with Crippen LogP contribution >= 0.6 is 0 Å². The van der Waals surface area contributed by atoms with E-state index in [1.807, 2.05) is 0 Å². The molecule has 0 spiro atoms. The number of hydrogen-bond acceptors (Lipinski definition) is 3. The van der Waals surface area contributed by atoms with E-state index in [0.717, 1.165) is 54.6 Å². The van der Waals surface area contributed by atoms with Crippen molar-refractivity contribution in [1.82, 2.24) is 5.32 Å². The predicted molar refractivity (Wildman–Crippen MR) is 140 cm³/mol. The second-order valence-corrected chi connectivity index (χ2v) is 10.2. The van der Waals surface area contributed by atoms with Gasteiger partial charge >= 0.3 is 0 Å². The summed E-state index contributed by atoms with van der Waals surface area (Å²) >= 11 is 0. The topological polar surface area (TPSA) is 58.2 Å². The normalized spacial score (nSPS) is 18.2. The smallest absolute Gasteiger partial charge is 0.224 e. The number of hydrogen-bond donors (Lipinski definition) is 2. The van der Waals surface area contributed by atoms with Gasteiger partial charge in [0.05, 0.1) is 0 Å². The van der Waals surface area contributed by atoms with Gasteiger partial charge in [-0.15, -0.1) is 0 Å². The molecule has 34 heavy (non-hydrogen) atoms. The van der Waals surface area contributed by atoms with Crippen molar-refractivity contribution in [2.45, 2.75) is 90.5 Å². The molecule has 0 bridgehead atoms. The minimum atomic E-state index is 0.00870. The molecule has 2 aliphatic rings. The fourth-order valence-electron chi connectivity index (χ4n) is 5.67. The third-order valence-electron chi connectivity index (χ3n) is 7.64. The lowest BCUT2D eigenvalue weighted by Gasteiger charge is -2.31. The standard InChI is InChI=1S/C30H40N2O2/c1-3-4-5-6-10-13-24(19-22-11-8-7-9-12-22)31-20-23-14-15-25-21(2)18-27-26(29(25)30(23)34)16-17-28(33)32-27/h7-9,11-12,18,23-24,31H,3-6,10,13-17,19-20H2,1-2H3,(H,32,33). The molecule has 2 aromatic rings. The Morgan fingerprint density at radius 1 is 1.00 bits per heavy atom.